The minimum atomic E-state index is -0.115. The van der Waals surface area contributed by atoms with Crippen LogP contribution in [0.1, 0.15) is 30.9 Å². The lowest BCUT2D eigenvalue weighted by Gasteiger charge is -2.10. The Hall–Kier alpha value is -2.30. The maximum Gasteiger partial charge on any atom is 0.162 e. The number of aryl methyl sites for hydroxylation is 2. The Morgan fingerprint density at radius 3 is 2.60 bits per heavy atom. The van der Waals surface area contributed by atoms with E-state index in [0.717, 1.165) is 30.2 Å². The third kappa shape index (κ3) is 3.17. The molecule has 5 nitrogen and oxygen atoms in total. The highest BCUT2D eigenvalue weighted by molar-refractivity contribution is 5.46. The van der Waals surface area contributed by atoms with Crippen LogP contribution in [0.15, 0.2) is 24.3 Å². The first-order chi connectivity index (χ1) is 9.63. The summed E-state index contributed by atoms with van der Waals surface area (Å²) >= 11 is 0. The molecule has 0 saturated heterocycles. The first-order valence-corrected chi connectivity index (χ1v) is 6.74. The molecule has 1 heterocycles. The molecule has 0 fully saturated rings. The summed E-state index contributed by atoms with van der Waals surface area (Å²) in [5.41, 5.74) is 1.61. The first kappa shape index (κ1) is 14.1. The first-order valence-electron chi connectivity index (χ1n) is 6.74. The Labute approximate surface area is 118 Å². The summed E-state index contributed by atoms with van der Waals surface area (Å²) in [5.74, 6) is 1.32. The molecule has 106 valence electrons. The molecule has 0 aliphatic rings. The molecule has 20 heavy (non-hydrogen) atoms. The number of para-hydroxylation sites is 1. The second kappa shape index (κ2) is 6.23. The normalized spacial score (nSPS) is 10.5. The average Bonchev–Trinajstić information content (AvgIpc) is 2.48. The molecule has 2 rings (SSSR count). The molecule has 1 aromatic heterocycles. The lowest BCUT2D eigenvalue weighted by Crippen LogP contribution is -2.06. The summed E-state index contributed by atoms with van der Waals surface area (Å²) in [4.78, 5) is 8.82. The lowest BCUT2D eigenvalue weighted by atomic mass is 10.2. The number of anilines is 1. The molecule has 0 spiro atoms. The van der Waals surface area contributed by atoms with E-state index in [9.17, 15) is 10.2 Å². The monoisotopic (exact) mass is 273 g/mol. The number of benzene rings is 1. The van der Waals surface area contributed by atoms with Crippen LogP contribution in [0, 0.1) is 0 Å². The van der Waals surface area contributed by atoms with Gasteiger partial charge in [0, 0.05) is 30.3 Å². The van der Waals surface area contributed by atoms with E-state index in [1.807, 2.05) is 19.9 Å². The van der Waals surface area contributed by atoms with Crippen molar-refractivity contribution in [1.82, 2.24) is 9.97 Å². The van der Waals surface area contributed by atoms with Crippen LogP contribution >= 0.6 is 0 Å². The number of nitrogens with zero attached hydrogens (tertiary/aromatic N) is 2. The van der Waals surface area contributed by atoms with Crippen LogP contribution in [0.5, 0.6) is 11.5 Å². The Balaban J connectivity index is 2.16. The number of aromatic nitrogens is 2. The smallest absolute Gasteiger partial charge is 0.162 e. The maximum atomic E-state index is 9.75. The fourth-order valence-electron chi connectivity index (χ4n) is 1.89. The van der Waals surface area contributed by atoms with Crippen molar-refractivity contribution in [3.63, 3.8) is 0 Å². The molecule has 0 amide bonds. The van der Waals surface area contributed by atoms with Gasteiger partial charge in [-0.2, -0.15) is 0 Å². The van der Waals surface area contributed by atoms with Gasteiger partial charge in [0.15, 0.2) is 11.5 Å². The van der Waals surface area contributed by atoms with Crippen molar-refractivity contribution in [3.8, 4) is 11.5 Å². The fraction of sp³-hybridized carbons (Fsp3) is 0.333. The van der Waals surface area contributed by atoms with E-state index in [2.05, 4.69) is 15.3 Å². The lowest BCUT2D eigenvalue weighted by molar-refractivity contribution is 0.400. The Morgan fingerprint density at radius 1 is 1.10 bits per heavy atom. The largest absolute Gasteiger partial charge is 0.504 e. The van der Waals surface area contributed by atoms with Gasteiger partial charge in [0.25, 0.3) is 0 Å². The van der Waals surface area contributed by atoms with E-state index >= 15 is 0 Å². The van der Waals surface area contributed by atoms with E-state index < -0.39 is 0 Å². The van der Waals surface area contributed by atoms with Gasteiger partial charge < -0.3 is 15.5 Å². The van der Waals surface area contributed by atoms with Gasteiger partial charge in [-0.1, -0.05) is 26.0 Å². The molecule has 2 aromatic rings. The number of phenolic OH excluding ortho intramolecular Hbond substituents is 2. The molecule has 0 atom stereocenters. The van der Waals surface area contributed by atoms with E-state index in [4.69, 9.17) is 0 Å². The van der Waals surface area contributed by atoms with Crippen LogP contribution in [0.4, 0.5) is 5.82 Å². The molecule has 0 saturated carbocycles. The predicted molar refractivity (Wildman–Crippen MR) is 77.9 cm³/mol. The Kier molecular flexibility index (Phi) is 4.40. The molecule has 5 heteroatoms. The molecule has 0 unspecified atom stereocenters. The summed E-state index contributed by atoms with van der Waals surface area (Å²) in [7, 11) is 0. The van der Waals surface area contributed by atoms with Gasteiger partial charge in [-0.25, -0.2) is 9.97 Å². The third-order valence-corrected chi connectivity index (χ3v) is 3.06. The summed E-state index contributed by atoms with van der Waals surface area (Å²) in [6.07, 6.45) is 1.63. The Morgan fingerprint density at radius 2 is 1.90 bits per heavy atom. The summed E-state index contributed by atoms with van der Waals surface area (Å²) < 4.78 is 0. The van der Waals surface area contributed by atoms with Crippen molar-refractivity contribution in [2.75, 3.05) is 5.32 Å². The second-order valence-corrected chi connectivity index (χ2v) is 4.51. The van der Waals surface area contributed by atoms with Crippen molar-refractivity contribution in [2.45, 2.75) is 33.2 Å². The molecule has 1 aromatic carbocycles. The zero-order valence-corrected chi connectivity index (χ0v) is 11.7. The van der Waals surface area contributed by atoms with Crippen molar-refractivity contribution in [3.05, 3.63) is 41.3 Å². The zero-order valence-electron chi connectivity index (χ0n) is 11.7. The summed E-state index contributed by atoms with van der Waals surface area (Å²) in [6.45, 7) is 4.45. The summed E-state index contributed by atoms with van der Waals surface area (Å²) in [5, 5.41) is 22.4. The molecule has 0 aliphatic carbocycles. The number of hydrogen-bond donors (Lipinski definition) is 3. The number of rotatable bonds is 5. The van der Waals surface area contributed by atoms with E-state index in [1.54, 1.807) is 12.1 Å². The maximum absolute atomic E-state index is 9.75. The van der Waals surface area contributed by atoms with Crippen LogP contribution in [0.2, 0.25) is 0 Å². The van der Waals surface area contributed by atoms with Crippen molar-refractivity contribution >= 4 is 5.82 Å². The van der Waals surface area contributed by atoms with Crippen LogP contribution < -0.4 is 5.32 Å². The van der Waals surface area contributed by atoms with Gasteiger partial charge >= 0.3 is 0 Å². The van der Waals surface area contributed by atoms with E-state index in [0.29, 0.717) is 12.1 Å². The van der Waals surface area contributed by atoms with E-state index in [1.165, 1.54) is 6.07 Å². The zero-order chi connectivity index (χ0) is 14.5. The van der Waals surface area contributed by atoms with Gasteiger partial charge in [0.2, 0.25) is 0 Å². The predicted octanol–water partition coefficient (Wildman–Crippen LogP) is 2.62. The average molecular weight is 273 g/mol. The minimum Gasteiger partial charge on any atom is -0.504 e. The molecule has 0 radical (unpaired) electrons. The third-order valence-electron chi connectivity index (χ3n) is 3.06. The quantitative estimate of drug-likeness (QED) is 0.730. The topological polar surface area (TPSA) is 78.3 Å². The van der Waals surface area contributed by atoms with Crippen molar-refractivity contribution < 1.29 is 10.2 Å². The summed E-state index contributed by atoms with van der Waals surface area (Å²) in [6, 6.07) is 6.80. The van der Waals surface area contributed by atoms with Crippen LogP contribution in [0.25, 0.3) is 0 Å². The molecular weight excluding hydrogens is 254 g/mol. The molecular formula is C15H19N3O2. The number of nitrogens with one attached hydrogen (secondary N) is 1. The highest BCUT2D eigenvalue weighted by Crippen LogP contribution is 2.28. The van der Waals surface area contributed by atoms with Gasteiger partial charge in [-0.15, -0.1) is 0 Å². The highest BCUT2D eigenvalue weighted by atomic mass is 16.3. The standard InChI is InChI=1S/C15H19N3O2/c1-3-11-8-14(18-13(4-2)17-11)16-9-10-6-5-7-12(19)15(10)20/h5-8,19-20H,3-4,9H2,1-2H3,(H,16,17,18). The number of hydrogen-bond acceptors (Lipinski definition) is 5. The van der Waals surface area contributed by atoms with Gasteiger partial charge in [0.1, 0.15) is 11.6 Å². The Bertz CT molecular complexity index is 577. The SMILES string of the molecule is CCc1cc(NCc2cccc(O)c2O)nc(CC)n1. The minimum absolute atomic E-state index is 0.0968. The highest BCUT2D eigenvalue weighted by Gasteiger charge is 2.07. The van der Waals surface area contributed by atoms with Gasteiger partial charge in [0.05, 0.1) is 0 Å². The molecule has 3 N–H and O–H groups in total. The van der Waals surface area contributed by atoms with Crippen molar-refractivity contribution in [2.24, 2.45) is 0 Å². The van der Waals surface area contributed by atoms with Gasteiger partial charge in [-0.05, 0) is 12.5 Å². The van der Waals surface area contributed by atoms with Gasteiger partial charge in [-0.3, -0.25) is 0 Å². The van der Waals surface area contributed by atoms with Crippen molar-refractivity contribution in [1.29, 1.82) is 0 Å². The van der Waals surface area contributed by atoms with E-state index in [-0.39, 0.29) is 11.5 Å². The fourth-order valence-corrected chi connectivity index (χ4v) is 1.89. The number of phenols is 2. The van der Waals surface area contributed by atoms with Crippen LogP contribution in [0.3, 0.4) is 0 Å². The second-order valence-electron chi connectivity index (χ2n) is 4.51. The number of aromatic hydroxyl groups is 2. The molecule has 0 bridgehead atoms. The molecule has 0 aliphatic heterocycles. The van der Waals surface area contributed by atoms with Crippen LogP contribution in [-0.2, 0) is 19.4 Å². The van der Waals surface area contributed by atoms with Crippen LogP contribution in [-0.4, -0.2) is 20.2 Å².